The van der Waals surface area contributed by atoms with Crippen LogP contribution in [0.1, 0.15) is 65.2 Å². The van der Waals surface area contributed by atoms with Crippen LogP contribution in [0.3, 0.4) is 0 Å². The lowest BCUT2D eigenvalue weighted by molar-refractivity contribution is -0.134. The second-order valence-electron chi connectivity index (χ2n) is 9.51. The van der Waals surface area contributed by atoms with Crippen LogP contribution >= 0.6 is 0 Å². The highest BCUT2D eigenvalue weighted by Crippen LogP contribution is 2.61. The third-order valence-electron chi connectivity index (χ3n) is 7.37. The van der Waals surface area contributed by atoms with Crippen LogP contribution in [0.25, 0.3) is 0 Å². The standard InChI is InChI=1S/C20H32N2O3/c1-11(23)17(22-18(24)16-3-4-16)19(25)21-12(2)20-8-13-5-14(9-20)7-15(6-13)10-20/h11-17,23H,3-10H2,1-2H3,(H,21,25)(H,22,24). The number of rotatable bonds is 6. The van der Waals surface area contributed by atoms with Crippen molar-refractivity contribution in [3.8, 4) is 0 Å². The van der Waals surface area contributed by atoms with Crippen LogP contribution in [0.5, 0.6) is 0 Å². The van der Waals surface area contributed by atoms with Gasteiger partial charge in [0, 0.05) is 12.0 Å². The fourth-order valence-electron chi connectivity index (χ4n) is 6.19. The van der Waals surface area contributed by atoms with Gasteiger partial charge in [-0.25, -0.2) is 0 Å². The SMILES string of the molecule is CC(O)C(NC(=O)C1CC1)C(=O)NC(C)C12CC3CC(CC(C3)C1)C2. The lowest BCUT2D eigenvalue weighted by Crippen LogP contribution is -2.60. The normalized spacial score (nSPS) is 39.6. The summed E-state index contributed by atoms with van der Waals surface area (Å²) >= 11 is 0. The van der Waals surface area contributed by atoms with E-state index in [9.17, 15) is 14.7 Å². The number of aliphatic hydroxyl groups is 1. The van der Waals surface area contributed by atoms with E-state index >= 15 is 0 Å². The Balaban J connectivity index is 1.41. The Morgan fingerprint density at radius 1 is 0.960 bits per heavy atom. The van der Waals surface area contributed by atoms with Gasteiger partial charge in [-0.2, -0.15) is 0 Å². The quantitative estimate of drug-likeness (QED) is 0.687. The molecule has 5 fully saturated rings. The zero-order chi connectivity index (χ0) is 17.8. The number of carbonyl (C=O) groups excluding carboxylic acids is 2. The summed E-state index contributed by atoms with van der Waals surface area (Å²) in [6.07, 6.45) is 8.74. The average molecular weight is 348 g/mol. The Morgan fingerprint density at radius 2 is 1.48 bits per heavy atom. The summed E-state index contributed by atoms with van der Waals surface area (Å²) in [4.78, 5) is 24.8. The van der Waals surface area contributed by atoms with Crippen LogP contribution in [0.15, 0.2) is 0 Å². The summed E-state index contributed by atoms with van der Waals surface area (Å²) in [5.74, 6) is 2.23. The molecule has 25 heavy (non-hydrogen) atoms. The number of aliphatic hydroxyl groups excluding tert-OH is 1. The van der Waals surface area contributed by atoms with Crippen molar-refractivity contribution in [2.24, 2.45) is 29.1 Å². The zero-order valence-corrected chi connectivity index (χ0v) is 15.5. The lowest BCUT2D eigenvalue weighted by atomic mass is 9.48. The molecule has 5 nitrogen and oxygen atoms in total. The van der Waals surface area contributed by atoms with Gasteiger partial charge in [-0.05, 0) is 88.4 Å². The minimum absolute atomic E-state index is 0.0367. The molecule has 140 valence electrons. The minimum Gasteiger partial charge on any atom is -0.391 e. The van der Waals surface area contributed by atoms with Crippen LogP contribution in [0.2, 0.25) is 0 Å². The Bertz CT molecular complexity index is 520. The summed E-state index contributed by atoms with van der Waals surface area (Å²) in [6.45, 7) is 3.71. The fourth-order valence-corrected chi connectivity index (χ4v) is 6.19. The minimum atomic E-state index is -0.883. The molecule has 0 radical (unpaired) electrons. The molecule has 0 aromatic rings. The van der Waals surface area contributed by atoms with Gasteiger partial charge < -0.3 is 15.7 Å². The molecule has 5 rings (SSSR count). The Kier molecular flexibility index (Phi) is 4.33. The van der Waals surface area contributed by atoms with Crippen LogP contribution in [0, 0.1) is 29.1 Å². The van der Waals surface area contributed by atoms with Gasteiger partial charge in [0.05, 0.1) is 6.10 Å². The Morgan fingerprint density at radius 3 is 1.92 bits per heavy atom. The van der Waals surface area contributed by atoms with E-state index in [1.807, 2.05) is 0 Å². The number of carbonyl (C=O) groups is 2. The molecule has 4 bridgehead atoms. The van der Waals surface area contributed by atoms with Gasteiger partial charge in [0.25, 0.3) is 0 Å². The van der Waals surface area contributed by atoms with E-state index in [2.05, 4.69) is 17.6 Å². The van der Waals surface area contributed by atoms with E-state index in [1.165, 1.54) is 38.5 Å². The van der Waals surface area contributed by atoms with E-state index < -0.39 is 12.1 Å². The molecule has 3 N–H and O–H groups in total. The van der Waals surface area contributed by atoms with Crippen molar-refractivity contribution in [1.82, 2.24) is 10.6 Å². The molecule has 3 unspecified atom stereocenters. The molecule has 0 heterocycles. The maximum absolute atomic E-state index is 12.8. The predicted octanol–water partition coefficient (Wildman–Crippen LogP) is 1.98. The first-order valence-corrected chi connectivity index (χ1v) is 10.1. The predicted molar refractivity (Wildman–Crippen MR) is 94.5 cm³/mol. The van der Waals surface area contributed by atoms with E-state index in [0.29, 0.717) is 0 Å². The third-order valence-corrected chi connectivity index (χ3v) is 7.37. The molecule has 5 heteroatoms. The number of hydrogen-bond donors (Lipinski definition) is 3. The molecule has 2 amide bonds. The molecule has 5 saturated carbocycles. The average Bonchev–Trinajstić information content (AvgIpc) is 3.35. The summed E-state index contributed by atoms with van der Waals surface area (Å²) in [5, 5.41) is 15.9. The molecule has 0 aromatic carbocycles. The van der Waals surface area contributed by atoms with Crippen LogP contribution in [-0.4, -0.2) is 35.1 Å². The van der Waals surface area contributed by atoms with E-state index in [1.54, 1.807) is 6.92 Å². The van der Waals surface area contributed by atoms with Crippen molar-refractivity contribution in [3.63, 3.8) is 0 Å². The van der Waals surface area contributed by atoms with Gasteiger partial charge in [0.15, 0.2) is 0 Å². The second-order valence-corrected chi connectivity index (χ2v) is 9.51. The first kappa shape index (κ1) is 17.3. The van der Waals surface area contributed by atoms with Crippen molar-refractivity contribution in [3.05, 3.63) is 0 Å². The molecule has 0 aliphatic heterocycles. The topological polar surface area (TPSA) is 78.4 Å². The van der Waals surface area contributed by atoms with Gasteiger partial charge in [0.2, 0.25) is 11.8 Å². The van der Waals surface area contributed by atoms with E-state index in [-0.39, 0.29) is 29.2 Å². The molecule has 5 aliphatic carbocycles. The molecule has 0 spiro atoms. The molecule has 5 aliphatic rings. The first-order valence-electron chi connectivity index (χ1n) is 10.1. The Labute approximate surface area is 150 Å². The molecule has 0 saturated heterocycles. The van der Waals surface area contributed by atoms with Gasteiger partial charge in [-0.3, -0.25) is 9.59 Å². The van der Waals surface area contributed by atoms with E-state index in [0.717, 1.165) is 30.6 Å². The van der Waals surface area contributed by atoms with Crippen LogP contribution < -0.4 is 10.6 Å². The van der Waals surface area contributed by atoms with Gasteiger partial charge >= 0.3 is 0 Å². The lowest BCUT2D eigenvalue weighted by Gasteiger charge is -2.59. The third kappa shape index (κ3) is 3.32. The summed E-state index contributed by atoms with van der Waals surface area (Å²) in [6, 6.07) is -0.739. The van der Waals surface area contributed by atoms with Gasteiger partial charge in [-0.15, -0.1) is 0 Å². The maximum atomic E-state index is 12.8. The van der Waals surface area contributed by atoms with Crippen molar-refractivity contribution in [2.45, 2.75) is 83.4 Å². The first-order chi connectivity index (χ1) is 11.9. The Hall–Kier alpha value is -1.10. The summed E-state index contributed by atoms with van der Waals surface area (Å²) in [5.41, 5.74) is 0.230. The molecule has 3 atom stereocenters. The highest BCUT2D eigenvalue weighted by molar-refractivity contribution is 5.89. The zero-order valence-electron chi connectivity index (χ0n) is 15.5. The van der Waals surface area contributed by atoms with E-state index in [4.69, 9.17) is 0 Å². The maximum Gasteiger partial charge on any atom is 0.245 e. The van der Waals surface area contributed by atoms with Gasteiger partial charge in [-0.1, -0.05) is 0 Å². The van der Waals surface area contributed by atoms with Crippen molar-refractivity contribution >= 4 is 11.8 Å². The number of amides is 2. The van der Waals surface area contributed by atoms with Crippen LogP contribution in [-0.2, 0) is 9.59 Å². The number of nitrogens with one attached hydrogen (secondary N) is 2. The van der Waals surface area contributed by atoms with Crippen molar-refractivity contribution in [1.29, 1.82) is 0 Å². The smallest absolute Gasteiger partial charge is 0.245 e. The molecule has 0 aromatic heterocycles. The highest BCUT2D eigenvalue weighted by Gasteiger charge is 2.53. The van der Waals surface area contributed by atoms with Crippen molar-refractivity contribution in [2.75, 3.05) is 0 Å². The molecular weight excluding hydrogens is 316 g/mol. The largest absolute Gasteiger partial charge is 0.391 e. The number of hydrogen-bond acceptors (Lipinski definition) is 3. The van der Waals surface area contributed by atoms with Gasteiger partial charge in [0.1, 0.15) is 6.04 Å². The monoisotopic (exact) mass is 348 g/mol. The highest BCUT2D eigenvalue weighted by atomic mass is 16.3. The fraction of sp³-hybridized carbons (Fsp3) is 0.900. The summed E-state index contributed by atoms with van der Waals surface area (Å²) in [7, 11) is 0. The molecular formula is C20H32N2O3. The van der Waals surface area contributed by atoms with Crippen molar-refractivity contribution < 1.29 is 14.7 Å². The van der Waals surface area contributed by atoms with Crippen LogP contribution in [0.4, 0.5) is 0 Å². The summed E-state index contributed by atoms with van der Waals surface area (Å²) < 4.78 is 0. The second kappa shape index (κ2) is 6.26.